The molecule has 2 aromatic carbocycles. The summed E-state index contributed by atoms with van der Waals surface area (Å²) in [6, 6.07) is 12.2. The molecule has 0 saturated carbocycles. The molecule has 0 aromatic heterocycles. The van der Waals surface area contributed by atoms with Crippen molar-refractivity contribution >= 4 is 50.9 Å². The number of hydrogen-bond donors (Lipinski definition) is 0. The molecular weight excluding hydrogens is 460 g/mol. The Labute approximate surface area is 131 Å². The summed E-state index contributed by atoms with van der Waals surface area (Å²) in [4.78, 5) is 10.5. The molecule has 0 aliphatic heterocycles. The highest BCUT2D eigenvalue weighted by atomic mass is 127. The zero-order chi connectivity index (χ0) is 13.1. The Morgan fingerprint density at radius 3 is 2.22 bits per heavy atom. The van der Waals surface area contributed by atoms with Crippen LogP contribution in [0.1, 0.15) is 0 Å². The Balaban J connectivity index is 2.34. The van der Waals surface area contributed by atoms with Crippen LogP contribution in [0.25, 0.3) is 0 Å². The molecule has 2 rings (SSSR count). The van der Waals surface area contributed by atoms with Crippen LogP contribution in [0.4, 0.5) is 5.69 Å². The van der Waals surface area contributed by atoms with Crippen molar-refractivity contribution in [2.75, 3.05) is 0 Å². The van der Waals surface area contributed by atoms with E-state index in [0.717, 1.165) is 7.14 Å². The predicted octanol–water partition coefficient (Wildman–Crippen LogP) is 4.60. The van der Waals surface area contributed by atoms with E-state index in [1.54, 1.807) is 24.3 Å². The lowest BCUT2D eigenvalue weighted by atomic mass is 10.3. The average Bonchev–Trinajstić information content (AvgIpc) is 2.34. The molecule has 18 heavy (non-hydrogen) atoms. The van der Waals surface area contributed by atoms with E-state index >= 15 is 0 Å². The van der Waals surface area contributed by atoms with Crippen molar-refractivity contribution in [3.8, 4) is 11.5 Å². The molecule has 6 heteroatoms. The third kappa shape index (κ3) is 3.31. The van der Waals surface area contributed by atoms with Gasteiger partial charge in [0.2, 0.25) is 5.75 Å². The quantitative estimate of drug-likeness (QED) is 0.377. The minimum atomic E-state index is -0.440. The second kappa shape index (κ2) is 5.83. The molecule has 0 amide bonds. The maximum Gasteiger partial charge on any atom is 0.312 e. The van der Waals surface area contributed by atoms with Gasteiger partial charge in [0.1, 0.15) is 5.75 Å². The lowest BCUT2D eigenvalue weighted by molar-refractivity contribution is -0.385. The van der Waals surface area contributed by atoms with Gasteiger partial charge in [0.05, 0.1) is 4.92 Å². The minimum absolute atomic E-state index is 0.0274. The van der Waals surface area contributed by atoms with E-state index in [-0.39, 0.29) is 11.4 Å². The highest BCUT2D eigenvalue weighted by Crippen LogP contribution is 2.32. The van der Waals surface area contributed by atoms with E-state index in [0.29, 0.717) is 5.75 Å². The minimum Gasteiger partial charge on any atom is -0.450 e. The first kappa shape index (κ1) is 13.5. The van der Waals surface area contributed by atoms with Crippen LogP contribution in [-0.2, 0) is 0 Å². The first-order chi connectivity index (χ1) is 8.56. The zero-order valence-electron chi connectivity index (χ0n) is 8.97. The summed E-state index contributed by atoms with van der Waals surface area (Å²) < 4.78 is 7.41. The average molecular weight is 467 g/mol. The highest BCUT2D eigenvalue weighted by Gasteiger charge is 2.16. The Bertz CT molecular complexity index is 584. The number of nitrogens with zero attached hydrogens (tertiary/aromatic N) is 1. The van der Waals surface area contributed by atoms with E-state index in [1.165, 1.54) is 6.07 Å². The van der Waals surface area contributed by atoms with E-state index < -0.39 is 4.92 Å². The van der Waals surface area contributed by atoms with Crippen molar-refractivity contribution in [2.45, 2.75) is 0 Å². The standard InChI is InChI=1S/C12H7I2NO3/c13-8-1-4-10(5-2-8)18-12-6-3-9(14)7-11(12)15(16)17/h1-7H. The molecule has 92 valence electrons. The highest BCUT2D eigenvalue weighted by molar-refractivity contribution is 14.1. The second-order valence-corrected chi connectivity index (χ2v) is 5.92. The molecular formula is C12H7I2NO3. The van der Waals surface area contributed by atoms with Crippen LogP contribution >= 0.6 is 45.2 Å². The monoisotopic (exact) mass is 467 g/mol. The maximum absolute atomic E-state index is 10.9. The molecule has 0 atom stereocenters. The largest absolute Gasteiger partial charge is 0.450 e. The van der Waals surface area contributed by atoms with Crippen molar-refractivity contribution in [3.63, 3.8) is 0 Å². The molecule has 0 saturated heterocycles. The summed E-state index contributed by atoms with van der Waals surface area (Å²) in [5, 5.41) is 10.9. The second-order valence-electron chi connectivity index (χ2n) is 3.43. The number of halogens is 2. The first-order valence-electron chi connectivity index (χ1n) is 4.93. The van der Waals surface area contributed by atoms with Gasteiger partial charge in [0.25, 0.3) is 0 Å². The number of nitro benzene ring substituents is 1. The van der Waals surface area contributed by atoms with Crippen molar-refractivity contribution in [1.82, 2.24) is 0 Å². The number of nitro groups is 1. The van der Waals surface area contributed by atoms with Crippen LogP contribution in [0.5, 0.6) is 11.5 Å². The summed E-state index contributed by atoms with van der Waals surface area (Å²) in [5.74, 6) is 0.835. The SMILES string of the molecule is O=[N+]([O-])c1cc(I)ccc1Oc1ccc(I)cc1. The Morgan fingerprint density at radius 2 is 1.61 bits per heavy atom. The molecule has 0 unspecified atom stereocenters. The van der Waals surface area contributed by atoms with E-state index in [4.69, 9.17) is 4.74 Å². The summed E-state index contributed by atoms with van der Waals surface area (Å²) in [7, 11) is 0. The molecule has 0 fully saturated rings. The summed E-state index contributed by atoms with van der Waals surface area (Å²) in [6.45, 7) is 0. The van der Waals surface area contributed by atoms with Gasteiger partial charge in [-0.05, 0) is 81.6 Å². The number of rotatable bonds is 3. The topological polar surface area (TPSA) is 52.4 Å². The van der Waals surface area contributed by atoms with E-state index in [2.05, 4.69) is 22.6 Å². The van der Waals surface area contributed by atoms with Gasteiger partial charge >= 0.3 is 5.69 Å². The number of hydrogen-bond acceptors (Lipinski definition) is 3. The molecule has 0 aliphatic carbocycles. The third-order valence-corrected chi connectivity index (χ3v) is 3.55. The van der Waals surface area contributed by atoms with Crippen LogP contribution in [0.15, 0.2) is 42.5 Å². The smallest absolute Gasteiger partial charge is 0.312 e. The van der Waals surface area contributed by atoms with Crippen LogP contribution in [-0.4, -0.2) is 4.92 Å². The van der Waals surface area contributed by atoms with Crippen LogP contribution in [0.3, 0.4) is 0 Å². The molecule has 0 N–H and O–H groups in total. The number of ether oxygens (including phenoxy) is 1. The van der Waals surface area contributed by atoms with Crippen molar-refractivity contribution in [2.24, 2.45) is 0 Å². The Kier molecular flexibility index (Phi) is 4.38. The molecule has 4 nitrogen and oxygen atoms in total. The maximum atomic E-state index is 10.9. The van der Waals surface area contributed by atoms with Crippen LogP contribution < -0.4 is 4.74 Å². The summed E-state index contributed by atoms with van der Waals surface area (Å²) in [6.07, 6.45) is 0. The molecule has 0 bridgehead atoms. The normalized spacial score (nSPS) is 10.1. The molecule has 0 aliphatic rings. The van der Waals surface area contributed by atoms with Gasteiger partial charge in [0, 0.05) is 13.2 Å². The van der Waals surface area contributed by atoms with E-state index in [1.807, 2.05) is 34.7 Å². The molecule has 0 heterocycles. The lowest BCUT2D eigenvalue weighted by Crippen LogP contribution is -1.94. The van der Waals surface area contributed by atoms with Crippen LogP contribution in [0, 0.1) is 17.3 Å². The van der Waals surface area contributed by atoms with Crippen molar-refractivity contribution in [1.29, 1.82) is 0 Å². The van der Waals surface area contributed by atoms with Gasteiger partial charge in [-0.2, -0.15) is 0 Å². The molecule has 0 radical (unpaired) electrons. The lowest BCUT2D eigenvalue weighted by Gasteiger charge is -2.06. The van der Waals surface area contributed by atoms with Crippen molar-refractivity contribution in [3.05, 3.63) is 59.7 Å². The van der Waals surface area contributed by atoms with Gasteiger partial charge in [-0.3, -0.25) is 10.1 Å². The van der Waals surface area contributed by atoms with Crippen LogP contribution in [0.2, 0.25) is 0 Å². The first-order valence-corrected chi connectivity index (χ1v) is 7.09. The number of benzene rings is 2. The fraction of sp³-hybridized carbons (Fsp3) is 0. The third-order valence-electron chi connectivity index (χ3n) is 2.16. The zero-order valence-corrected chi connectivity index (χ0v) is 13.3. The fourth-order valence-electron chi connectivity index (χ4n) is 1.35. The predicted molar refractivity (Wildman–Crippen MR) is 85.0 cm³/mol. The molecule has 2 aromatic rings. The summed E-state index contributed by atoms with van der Waals surface area (Å²) in [5.41, 5.74) is -0.0274. The van der Waals surface area contributed by atoms with Gasteiger partial charge in [-0.15, -0.1) is 0 Å². The van der Waals surface area contributed by atoms with Crippen molar-refractivity contribution < 1.29 is 9.66 Å². The van der Waals surface area contributed by atoms with Gasteiger partial charge in [0.15, 0.2) is 0 Å². The fourth-order valence-corrected chi connectivity index (χ4v) is 2.18. The Hall–Kier alpha value is -0.900. The molecule has 0 spiro atoms. The van der Waals surface area contributed by atoms with E-state index in [9.17, 15) is 10.1 Å². The van der Waals surface area contributed by atoms with Gasteiger partial charge in [-0.1, -0.05) is 0 Å². The van der Waals surface area contributed by atoms with Gasteiger partial charge in [-0.25, -0.2) is 0 Å². The summed E-state index contributed by atoms with van der Waals surface area (Å²) >= 11 is 4.21. The van der Waals surface area contributed by atoms with Gasteiger partial charge < -0.3 is 4.74 Å². The Morgan fingerprint density at radius 1 is 1.00 bits per heavy atom.